The van der Waals surface area contributed by atoms with E-state index in [1.807, 2.05) is 11.8 Å². The third-order valence-electron chi connectivity index (χ3n) is 5.23. The predicted octanol–water partition coefficient (Wildman–Crippen LogP) is 5.38. The second-order valence-corrected chi connectivity index (χ2v) is 8.11. The van der Waals surface area contributed by atoms with Crippen LogP contribution >= 0.6 is 11.8 Å². The van der Waals surface area contributed by atoms with E-state index in [1.165, 1.54) is 65.5 Å². The van der Waals surface area contributed by atoms with Crippen molar-refractivity contribution in [3.63, 3.8) is 0 Å². The fourth-order valence-electron chi connectivity index (χ4n) is 3.89. The van der Waals surface area contributed by atoms with Crippen molar-refractivity contribution in [1.29, 1.82) is 0 Å². The molecule has 0 bridgehead atoms. The third kappa shape index (κ3) is 3.33. The Morgan fingerprint density at radius 2 is 1.83 bits per heavy atom. The summed E-state index contributed by atoms with van der Waals surface area (Å²) in [6, 6.07) is 15.7. The number of rotatable bonds is 4. The fourth-order valence-corrected chi connectivity index (χ4v) is 4.96. The highest BCUT2D eigenvalue weighted by Crippen LogP contribution is 2.48. The second-order valence-electron chi connectivity index (χ2n) is 7.03. The number of hydrogen-bond acceptors (Lipinski definition) is 3. The lowest BCUT2D eigenvalue weighted by atomic mass is 9.93. The zero-order valence-corrected chi connectivity index (χ0v) is 15.2. The largest absolute Gasteiger partial charge is 0.340 e. The molecule has 2 aromatic rings. The summed E-state index contributed by atoms with van der Waals surface area (Å²) in [6.45, 7) is 5.72. The smallest absolute Gasteiger partial charge is 0.0555 e. The molecule has 0 aromatic heterocycles. The van der Waals surface area contributed by atoms with E-state index in [0.29, 0.717) is 0 Å². The van der Waals surface area contributed by atoms with Gasteiger partial charge in [0.25, 0.3) is 0 Å². The van der Waals surface area contributed by atoms with Crippen molar-refractivity contribution in [2.24, 2.45) is 5.92 Å². The Morgan fingerprint density at radius 1 is 1.04 bits per heavy atom. The molecule has 2 aliphatic heterocycles. The summed E-state index contributed by atoms with van der Waals surface area (Å²) in [5.74, 6) is 0.914. The van der Waals surface area contributed by atoms with Crippen LogP contribution < -0.4 is 10.2 Å². The van der Waals surface area contributed by atoms with Crippen LogP contribution in [0.4, 0.5) is 11.4 Å². The first-order valence-corrected chi connectivity index (χ1v) is 9.99. The average molecular weight is 339 g/mol. The van der Waals surface area contributed by atoms with Crippen LogP contribution in [0.15, 0.2) is 52.3 Å². The molecule has 3 heteroatoms. The van der Waals surface area contributed by atoms with Gasteiger partial charge in [-0.15, -0.1) is 0 Å². The number of hydrogen-bond donors (Lipinski definition) is 1. The Morgan fingerprint density at radius 3 is 2.71 bits per heavy atom. The molecule has 1 saturated heterocycles. The van der Waals surface area contributed by atoms with Crippen molar-refractivity contribution in [1.82, 2.24) is 5.32 Å². The van der Waals surface area contributed by atoms with Crippen LogP contribution in [0.25, 0.3) is 0 Å². The maximum Gasteiger partial charge on any atom is 0.0555 e. The van der Waals surface area contributed by atoms with Gasteiger partial charge in [0.1, 0.15) is 0 Å². The van der Waals surface area contributed by atoms with Gasteiger partial charge in [-0.25, -0.2) is 0 Å². The molecule has 0 unspecified atom stereocenters. The van der Waals surface area contributed by atoms with Gasteiger partial charge in [-0.1, -0.05) is 30.0 Å². The number of anilines is 2. The quantitative estimate of drug-likeness (QED) is 0.806. The Kier molecular flexibility index (Phi) is 4.81. The molecule has 2 aromatic carbocycles. The van der Waals surface area contributed by atoms with Crippen LogP contribution in [-0.2, 0) is 0 Å². The lowest BCUT2D eigenvalue weighted by Crippen LogP contribution is -2.28. The molecule has 24 heavy (non-hydrogen) atoms. The van der Waals surface area contributed by atoms with Crippen molar-refractivity contribution < 1.29 is 0 Å². The van der Waals surface area contributed by atoms with Gasteiger partial charge in [0.2, 0.25) is 0 Å². The van der Waals surface area contributed by atoms with Gasteiger partial charge in [-0.2, -0.15) is 0 Å². The highest BCUT2D eigenvalue weighted by atomic mass is 32.2. The molecule has 0 aliphatic carbocycles. The maximum atomic E-state index is 3.47. The first kappa shape index (κ1) is 16.0. The Hall–Kier alpha value is -1.45. The van der Waals surface area contributed by atoms with Gasteiger partial charge in [0.05, 0.1) is 11.4 Å². The van der Waals surface area contributed by atoms with Gasteiger partial charge < -0.3 is 10.2 Å². The van der Waals surface area contributed by atoms with Gasteiger partial charge >= 0.3 is 0 Å². The highest BCUT2D eigenvalue weighted by molar-refractivity contribution is 7.99. The van der Waals surface area contributed by atoms with Crippen molar-refractivity contribution >= 4 is 23.1 Å². The average Bonchev–Trinajstić information content (AvgIpc) is 2.62. The lowest BCUT2D eigenvalue weighted by molar-refractivity contribution is 0.348. The van der Waals surface area contributed by atoms with Gasteiger partial charge in [0, 0.05) is 16.3 Å². The second kappa shape index (κ2) is 7.20. The van der Waals surface area contributed by atoms with Crippen LogP contribution in [0.3, 0.4) is 0 Å². The number of nitrogens with one attached hydrogen (secondary N) is 1. The van der Waals surface area contributed by atoms with E-state index < -0.39 is 0 Å². The molecule has 2 aliphatic rings. The number of benzene rings is 2. The standard InChI is InChI=1S/C21H26N2S/c1-16-8-9-21-19(15-16)23(18-6-2-3-7-20(18)24-21)14-4-5-17-10-12-22-13-11-17/h2-3,6-9,15,17,22H,4-5,10-14H2,1H3. The molecular weight excluding hydrogens is 312 g/mol. The highest BCUT2D eigenvalue weighted by Gasteiger charge is 2.23. The summed E-state index contributed by atoms with van der Waals surface area (Å²) in [6.07, 6.45) is 5.33. The SMILES string of the molecule is Cc1ccc2c(c1)N(CCCC1CCNCC1)c1ccccc1S2. The third-order valence-corrected chi connectivity index (χ3v) is 6.36. The zero-order chi connectivity index (χ0) is 16.4. The van der Waals surface area contributed by atoms with E-state index in [4.69, 9.17) is 0 Å². The van der Waals surface area contributed by atoms with Gasteiger partial charge in [0.15, 0.2) is 0 Å². The fraction of sp³-hybridized carbons (Fsp3) is 0.429. The van der Waals surface area contributed by atoms with Gasteiger partial charge in [-0.05, 0) is 81.4 Å². The summed E-state index contributed by atoms with van der Waals surface area (Å²) in [4.78, 5) is 5.33. The van der Waals surface area contributed by atoms with E-state index >= 15 is 0 Å². The molecule has 0 spiro atoms. The van der Waals surface area contributed by atoms with Crippen LogP contribution in [0.1, 0.15) is 31.2 Å². The number of nitrogens with zero attached hydrogens (tertiary/aromatic N) is 1. The minimum Gasteiger partial charge on any atom is -0.340 e. The van der Waals surface area contributed by atoms with E-state index in [-0.39, 0.29) is 0 Å². The van der Waals surface area contributed by atoms with E-state index in [2.05, 4.69) is 59.6 Å². The van der Waals surface area contributed by atoms with Crippen LogP contribution in [-0.4, -0.2) is 19.6 Å². The molecule has 0 amide bonds. The Labute approximate surface area is 149 Å². The van der Waals surface area contributed by atoms with E-state index in [0.717, 1.165) is 12.5 Å². The first-order valence-electron chi connectivity index (χ1n) is 9.17. The van der Waals surface area contributed by atoms with E-state index in [1.54, 1.807) is 0 Å². The van der Waals surface area contributed by atoms with Crippen molar-refractivity contribution in [3.05, 3.63) is 48.0 Å². The van der Waals surface area contributed by atoms with Crippen molar-refractivity contribution in [2.75, 3.05) is 24.5 Å². The number of piperidine rings is 1. The molecule has 0 saturated carbocycles. The number of aryl methyl sites for hydroxylation is 1. The first-order chi connectivity index (χ1) is 11.8. The molecule has 0 atom stereocenters. The molecular formula is C21H26N2S. The minimum atomic E-state index is 0.914. The van der Waals surface area contributed by atoms with Crippen molar-refractivity contribution in [3.8, 4) is 0 Å². The van der Waals surface area contributed by atoms with Crippen LogP contribution in [0.5, 0.6) is 0 Å². The predicted molar refractivity (Wildman–Crippen MR) is 104 cm³/mol. The molecule has 4 rings (SSSR count). The van der Waals surface area contributed by atoms with E-state index in [9.17, 15) is 0 Å². The summed E-state index contributed by atoms with van der Waals surface area (Å²) in [7, 11) is 0. The minimum absolute atomic E-state index is 0.914. The Balaban J connectivity index is 1.53. The maximum absolute atomic E-state index is 3.47. The summed E-state index contributed by atoms with van der Waals surface area (Å²) in [5.41, 5.74) is 4.12. The van der Waals surface area contributed by atoms with Crippen LogP contribution in [0, 0.1) is 12.8 Å². The number of fused-ring (bicyclic) bond motifs is 2. The monoisotopic (exact) mass is 338 g/mol. The molecule has 2 heterocycles. The molecule has 0 radical (unpaired) electrons. The molecule has 1 N–H and O–H groups in total. The molecule has 126 valence electrons. The summed E-state index contributed by atoms with van der Waals surface area (Å²) in [5, 5.41) is 3.47. The lowest BCUT2D eigenvalue weighted by Gasteiger charge is -2.33. The molecule has 1 fully saturated rings. The molecule has 2 nitrogen and oxygen atoms in total. The topological polar surface area (TPSA) is 15.3 Å². The number of para-hydroxylation sites is 1. The normalized spacial score (nSPS) is 17.5. The Bertz CT molecular complexity index is 707. The van der Waals surface area contributed by atoms with Crippen molar-refractivity contribution in [2.45, 2.75) is 42.4 Å². The summed E-state index contributed by atoms with van der Waals surface area (Å²) < 4.78 is 0. The zero-order valence-electron chi connectivity index (χ0n) is 14.4. The van der Waals surface area contributed by atoms with Crippen LogP contribution in [0.2, 0.25) is 0 Å². The summed E-state index contributed by atoms with van der Waals surface area (Å²) >= 11 is 1.91. The van der Waals surface area contributed by atoms with Gasteiger partial charge in [-0.3, -0.25) is 0 Å².